The molecule has 0 aromatic carbocycles. The molecular formula is C6H5ClN6O. The fourth-order valence-electron chi connectivity index (χ4n) is 0.933. The van der Waals surface area contributed by atoms with Crippen LogP contribution in [0.1, 0.15) is 0 Å². The van der Waals surface area contributed by atoms with Crippen LogP contribution in [0, 0.1) is 0 Å². The summed E-state index contributed by atoms with van der Waals surface area (Å²) in [7, 11) is 0. The maximum atomic E-state index is 10.00. The third-order valence-corrected chi connectivity index (χ3v) is 1.72. The van der Waals surface area contributed by atoms with E-state index in [-0.39, 0.29) is 5.28 Å². The molecule has 7 nitrogen and oxygen atoms in total. The SMILES string of the molecule is O=CNNc1ccc2nnc(Cl)n2n1. The molecule has 2 heterocycles. The van der Waals surface area contributed by atoms with Crippen LogP contribution in [0.25, 0.3) is 5.65 Å². The van der Waals surface area contributed by atoms with Gasteiger partial charge in [-0.1, -0.05) is 0 Å². The molecular weight excluding hydrogens is 208 g/mol. The highest BCUT2D eigenvalue weighted by Crippen LogP contribution is 2.09. The Bertz CT molecular complexity index is 468. The lowest BCUT2D eigenvalue weighted by Gasteiger charge is -2.01. The summed E-state index contributed by atoms with van der Waals surface area (Å²) >= 11 is 5.69. The number of carbonyl (C=O) groups is 1. The van der Waals surface area contributed by atoms with Gasteiger partial charge in [-0.25, -0.2) is 0 Å². The molecule has 2 N–H and O–H groups in total. The van der Waals surface area contributed by atoms with Crippen molar-refractivity contribution in [2.45, 2.75) is 0 Å². The summed E-state index contributed by atoms with van der Waals surface area (Å²) in [6, 6.07) is 3.30. The number of fused-ring (bicyclic) bond motifs is 1. The van der Waals surface area contributed by atoms with E-state index in [4.69, 9.17) is 11.6 Å². The molecule has 0 aliphatic rings. The minimum absolute atomic E-state index is 0.162. The van der Waals surface area contributed by atoms with E-state index in [1.807, 2.05) is 0 Å². The molecule has 2 aromatic heterocycles. The van der Waals surface area contributed by atoms with Crippen molar-refractivity contribution in [3.8, 4) is 0 Å². The van der Waals surface area contributed by atoms with Gasteiger partial charge >= 0.3 is 0 Å². The summed E-state index contributed by atoms with van der Waals surface area (Å²) in [6.45, 7) is 0. The van der Waals surface area contributed by atoms with Gasteiger partial charge < -0.3 is 0 Å². The molecule has 72 valence electrons. The van der Waals surface area contributed by atoms with Crippen LogP contribution >= 0.6 is 11.6 Å². The number of carbonyl (C=O) groups excluding carboxylic acids is 1. The van der Waals surface area contributed by atoms with E-state index >= 15 is 0 Å². The quantitative estimate of drug-likeness (QED) is 0.546. The van der Waals surface area contributed by atoms with Crippen LogP contribution < -0.4 is 10.9 Å². The lowest BCUT2D eigenvalue weighted by molar-refractivity contribution is -0.109. The van der Waals surface area contributed by atoms with E-state index in [0.29, 0.717) is 17.9 Å². The highest BCUT2D eigenvalue weighted by Gasteiger charge is 2.03. The fraction of sp³-hybridized carbons (Fsp3) is 0. The van der Waals surface area contributed by atoms with Crippen molar-refractivity contribution in [2.75, 3.05) is 5.43 Å². The Morgan fingerprint density at radius 3 is 3.07 bits per heavy atom. The van der Waals surface area contributed by atoms with Gasteiger partial charge in [0.15, 0.2) is 11.5 Å². The zero-order valence-corrected chi connectivity index (χ0v) is 7.56. The maximum absolute atomic E-state index is 10.00. The Morgan fingerprint density at radius 2 is 2.29 bits per heavy atom. The van der Waals surface area contributed by atoms with Gasteiger partial charge in [0.05, 0.1) is 0 Å². The Morgan fingerprint density at radius 1 is 1.43 bits per heavy atom. The molecule has 0 bridgehead atoms. The summed E-state index contributed by atoms with van der Waals surface area (Å²) in [5.41, 5.74) is 5.32. The molecule has 8 heteroatoms. The number of hydrogen-bond acceptors (Lipinski definition) is 5. The minimum Gasteiger partial charge on any atom is -0.281 e. The summed E-state index contributed by atoms with van der Waals surface area (Å²) in [5, 5.41) is 11.5. The number of hydrazine groups is 1. The van der Waals surface area contributed by atoms with Gasteiger partial charge in [0.1, 0.15) is 0 Å². The molecule has 14 heavy (non-hydrogen) atoms. The second kappa shape index (κ2) is 3.46. The predicted molar refractivity (Wildman–Crippen MR) is 48.6 cm³/mol. The average Bonchev–Trinajstić information content (AvgIpc) is 2.57. The van der Waals surface area contributed by atoms with Gasteiger partial charge in [0.25, 0.3) is 0 Å². The highest BCUT2D eigenvalue weighted by molar-refractivity contribution is 6.28. The first-order chi connectivity index (χ1) is 6.81. The van der Waals surface area contributed by atoms with E-state index in [1.165, 1.54) is 4.52 Å². The summed E-state index contributed by atoms with van der Waals surface area (Å²) in [4.78, 5) is 10.00. The second-order valence-electron chi connectivity index (χ2n) is 2.34. The first-order valence-corrected chi connectivity index (χ1v) is 4.02. The van der Waals surface area contributed by atoms with Crippen LogP contribution in [0.15, 0.2) is 12.1 Å². The zero-order chi connectivity index (χ0) is 9.97. The van der Waals surface area contributed by atoms with Gasteiger partial charge in [-0.2, -0.15) is 4.52 Å². The Hall–Kier alpha value is -1.89. The average molecular weight is 213 g/mol. The lowest BCUT2D eigenvalue weighted by atomic mass is 10.5. The molecule has 1 amide bonds. The summed E-state index contributed by atoms with van der Waals surface area (Å²) in [5.74, 6) is 0.436. The molecule has 2 rings (SSSR count). The molecule has 0 spiro atoms. The number of anilines is 1. The highest BCUT2D eigenvalue weighted by atomic mass is 35.5. The molecule has 2 aromatic rings. The summed E-state index contributed by atoms with van der Waals surface area (Å²) < 4.78 is 1.34. The Labute approximate surface area is 83.0 Å². The monoisotopic (exact) mass is 212 g/mol. The number of hydrogen-bond donors (Lipinski definition) is 2. The molecule has 0 aliphatic carbocycles. The van der Waals surface area contributed by atoms with Crippen molar-refractivity contribution in [1.82, 2.24) is 25.2 Å². The van der Waals surface area contributed by atoms with Crippen LogP contribution in [0.5, 0.6) is 0 Å². The standard InChI is InChI=1S/C6H5ClN6O/c7-6-11-10-5-2-1-4(9-8-3-14)12-13(5)6/h1-3H,(H,8,14)(H,9,12). The number of amides is 1. The second-order valence-corrected chi connectivity index (χ2v) is 2.68. The number of rotatable bonds is 3. The van der Waals surface area contributed by atoms with Crippen molar-refractivity contribution in [3.05, 3.63) is 17.4 Å². The smallest absolute Gasteiger partial charge is 0.246 e. The number of nitrogens with one attached hydrogen (secondary N) is 2. The van der Waals surface area contributed by atoms with Gasteiger partial charge in [-0.3, -0.25) is 15.6 Å². The van der Waals surface area contributed by atoms with Crippen molar-refractivity contribution in [2.24, 2.45) is 0 Å². The molecule has 0 aliphatic heterocycles. The number of nitrogens with zero attached hydrogens (tertiary/aromatic N) is 4. The van der Waals surface area contributed by atoms with E-state index in [9.17, 15) is 4.79 Å². The normalized spacial score (nSPS) is 10.1. The molecule has 0 atom stereocenters. The number of aromatic nitrogens is 4. The third kappa shape index (κ3) is 1.44. The lowest BCUT2D eigenvalue weighted by Crippen LogP contribution is -2.20. The molecule has 0 saturated heterocycles. The van der Waals surface area contributed by atoms with Crippen LogP contribution in [-0.4, -0.2) is 26.2 Å². The van der Waals surface area contributed by atoms with Gasteiger partial charge in [-0.15, -0.1) is 15.3 Å². The largest absolute Gasteiger partial charge is 0.281 e. The first kappa shape index (κ1) is 8.70. The van der Waals surface area contributed by atoms with E-state index < -0.39 is 0 Å². The van der Waals surface area contributed by atoms with E-state index in [1.54, 1.807) is 12.1 Å². The van der Waals surface area contributed by atoms with Crippen molar-refractivity contribution >= 4 is 29.5 Å². The maximum Gasteiger partial charge on any atom is 0.246 e. The molecule has 0 fully saturated rings. The van der Waals surface area contributed by atoms with Crippen molar-refractivity contribution < 1.29 is 4.79 Å². The molecule has 0 saturated carbocycles. The van der Waals surface area contributed by atoms with E-state index in [0.717, 1.165) is 0 Å². The van der Waals surface area contributed by atoms with Crippen molar-refractivity contribution in [3.63, 3.8) is 0 Å². The Kier molecular flexibility index (Phi) is 2.15. The van der Waals surface area contributed by atoms with Gasteiger partial charge in [-0.05, 0) is 23.7 Å². The number of halogens is 1. The van der Waals surface area contributed by atoms with E-state index in [2.05, 4.69) is 26.1 Å². The topological polar surface area (TPSA) is 84.2 Å². The molecule has 0 radical (unpaired) electrons. The Balaban J connectivity index is 2.39. The van der Waals surface area contributed by atoms with Crippen LogP contribution in [0.4, 0.5) is 5.82 Å². The van der Waals surface area contributed by atoms with Crippen LogP contribution in [0.3, 0.4) is 0 Å². The van der Waals surface area contributed by atoms with Crippen LogP contribution in [0.2, 0.25) is 5.28 Å². The van der Waals surface area contributed by atoms with Gasteiger partial charge in [0.2, 0.25) is 11.7 Å². The zero-order valence-electron chi connectivity index (χ0n) is 6.81. The third-order valence-electron chi connectivity index (χ3n) is 1.48. The van der Waals surface area contributed by atoms with Gasteiger partial charge in [0, 0.05) is 0 Å². The molecule has 0 unspecified atom stereocenters. The van der Waals surface area contributed by atoms with Crippen molar-refractivity contribution in [1.29, 1.82) is 0 Å². The first-order valence-electron chi connectivity index (χ1n) is 3.64. The fourth-order valence-corrected chi connectivity index (χ4v) is 1.09. The minimum atomic E-state index is 0.162. The summed E-state index contributed by atoms with van der Waals surface area (Å²) in [6.07, 6.45) is 0.500. The predicted octanol–water partition coefficient (Wildman–Crippen LogP) is -0.149. The van der Waals surface area contributed by atoms with Crippen LogP contribution in [-0.2, 0) is 4.79 Å².